The summed E-state index contributed by atoms with van der Waals surface area (Å²) in [6.07, 6.45) is 0.480. The van der Waals surface area contributed by atoms with E-state index in [0.29, 0.717) is 24.2 Å². The molecule has 1 aliphatic carbocycles. The van der Waals surface area contributed by atoms with Crippen LogP contribution in [0.15, 0.2) is 54.6 Å². The van der Waals surface area contributed by atoms with Crippen LogP contribution in [-0.2, 0) is 6.42 Å². The number of rotatable bonds is 6. The topological polar surface area (TPSA) is 93.5 Å². The molecular weight excluding hydrogens is 468 g/mol. The number of fused-ring (bicyclic) bond motifs is 1. The Bertz CT molecular complexity index is 1260. The van der Waals surface area contributed by atoms with Crippen LogP contribution >= 0.6 is 0 Å². The molecule has 1 heterocycles. The number of piperazine rings is 1. The normalized spacial score (nSPS) is 20.5. The van der Waals surface area contributed by atoms with E-state index in [4.69, 9.17) is 4.74 Å². The van der Waals surface area contributed by atoms with E-state index in [1.54, 1.807) is 12.1 Å². The third-order valence-corrected chi connectivity index (χ3v) is 7.81. The number of hydrogen-bond donors (Lipinski definition) is 3. The Morgan fingerprint density at radius 3 is 2.22 bits per heavy atom. The lowest BCUT2D eigenvalue weighted by Gasteiger charge is -2.32. The van der Waals surface area contributed by atoms with E-state index >= 15 is 0 Å². The Morgan fingerprint density at radius 1 is 0.892 bits per heavy atom. The van der Waals surface area contributed by atoms with Crippen LogP contribution in [0.5, 0.6) is 23.0 Å². The second-order valence-corrected chi connectivity index (χ2v) is 10.2. The molecule has 0 aromatic heterocycles. The lowest BCUT2D eigenvalue weighted by molar-refractivity contribution is 0.0895. The maximum atomic E-state index is 13.4. The molecule has 1 aliphatic heterocycles. The van der Waals surface area contributed by atoms with Gasteiger partial charge in [-0.25, -0.2) is 0 Å². The van der Waals surface area contributed by atoms with E-state index < -0.39 is 0 Å². The third-order valence-electron chi connectivity index (χ3n) is 7.81. The molecule has 7 nitrogen and oxygen atoms in total. The highest BCUT2D eigenvalue weighted by atomic mass is 16.5. The molecule has 1 fully saturated rings. The number of carbonyl (C=O) groups excluding carboxylic acids is 1. The standard InChI is InChI=1S/C30H34N2O5/c1-19-24(20-3-7-22(33)8-4-20)17-25-28(26(34)18-27(35)29(25)30(19)36)21-5-9-23(10-6-21)37-16-15-32-13-11-31(2)12-14-32/h3-10,18-19,24,33-35H,11-17H2,1-2H3. The van der Waals surface area contributed by atoms with Crippen molar-refractivity contribution in [3.63, 3.8) is 0 Å². The Balaban J connectivity index is 1.38. The van der Waals surface area contributed by atoms with Crippen molar-refractivity contribution in [1.82, 2.24) is 9.80 Å². The Kier molecular flexibility index (Phi) is 7.09. The Labute approximate surface area is 217 Å². The molecule has 2 atom stereocenters. The lowest BCUT2D eigenvalue weighted by Crippen LogP contribution is -2.45. The zero-order chi connectivity index (χ0) is 26.1. The number of benzene rings is 3. The van der Waals surface area contributed by atoms with Crippen LogP contribution in [0.3, 0.4) is 0 Å². The number of carbonyl (C=O) groups is 1. The van der Waals surface area contributed by atoms with Crippen LogP contribution in [0.25, 0.3) is 11.1 Å². The molecule has 1 saturated heterocycles. The summed E-state index contributed by atoms with van der Waals surface area (Å²) in [5, 5.41) is 31.2. The van der Waals surface area contributed by atoms with Gasteiger partial charge in [-0.3, -0.25) is 9.69 Å². The summed E-state index contributed by atoms with van der Waals surface area (Å²) < 4.78 is 5.97. The molecule has 0 bridgehead atoms. The van der Waals surface area contributed by atoms with Crippen molar-refractivity contribution in [3.8, 4) is 34.1 Å². The predicted octanol–water partition coefficient (Wildman–Crippen LogP) is 4.26. The van der Waals surface area contributed by atoms with Gasteiger partial charge in [-0.05, 0) is 60.3 Å². The fourth-order valence-electron chi connectivity index (χ4n) is 5.53. The van der Waals surface area contributed by atoms with Crippen molar-refractivity contribution in [1.29, 1.82) is 0 Å². The average molecular weight is 503 g/mol. The summed E-state index contributed by atoms with van der Waals surface area (Å²) in [5.74, 6) is 0.0152. The molecule has 5 rings (SSSR count). The molecule has 0 amide bonds. The van der Waals surface area contributed by atoms with E-state index in [0.717, 1.165) is 49.6 Å². The molecule has 2 aliphatic rings. The molecule has 0 saturated carbocycles. The minimum absolute atomic E-state index is 0.0632. The smallest absolute Gasteiger partial charge is 0.170 e. The molecule has 3 aromatic carbocycles. The van der Waals surface area contributed by atoms with Crippen LogP contribution in [0.1, 0.15) is 34.3 Å². The van der Waals surface area contributed by atoms with Crippen LogP contribution in [-0.4, -0.2) is 77.3 Å². The number of phenols is 3. The molecule has 194 valence electrons. The highest BCUT2D eigenvalue weighted by molar-refractivity contribution is 6.05. The minimum Gasteiger partial charge on any atom is -0.508 e. The molecule has 3 aromatic rings. The number of hydrogen-bond acceptors (Lipinski definition) is 7. The van der Waals surface area contributed by atoms with Gasteiger partial charge in [0.25, 0.3) is 0 Å². The van der Waals surface area contributed by atoms with Gasteiger partial charge in [-0.1, -0.05) is 31.2 Å². The molecule has 2 unspecified atom stereocenters. The van der Waals surface area contributed by atoms with E-state index in [9.17, 15) is 20.1 Å². The van der Waals surface area contributed by atoms with Crippen molar-refractivity contribution in [3.05, 3.63) is 71.3 Å². The average Bonchev–Trinajstić information content (AvgIpc) is 2.88. The van der Waals surface area contributed by atoms with Crippen molar-refractivity contribution < 1.29 is 24.9 Å². The Morgan fingerprint density at radius 2 is 1.54 bits per heavy atom. The van der Waals surface area contributed by atoms with Gasteiger partial charge in [-0.2, -0.15) is 0 Å². The number of Topliss-reactive ketones (excluding diaryl/α,β-unsaturated/α-hetero) is 1. The van der Waals surface area contributed by atoms with Crippen molar-refractivity contribution >= 4 is 5.78 Å². The summed E-state index contributed by atoms with van der Waals surface area (Å²) >= 11 is 0. The predicted molar refractivity (Wildman–Crippen MR) is 143 cm³/mol. The summed E-state index contributed by atoms with van der Waals surface area (Å²) in [7, 11) is 2.14. The fourth-order valence-corrected chi connectivity index (χ4v) is 5.53. The molecule has 3 N–H and O–H groups in total. The van der Waals surface area contributed by atoms with E-state index in [-0.39, 0.29) is 40.4 Å². The van der Waals surface area contributed by atoms with Gasteiger partial charge in [0.05, 0.1) is 5.56 Å². The fraction of sp³-hybridized carbons (Fsp3) is 0.367. The second kappa shape index (κ2) is 10.4. The first-order valence-corrected chi connectivity index (χ1v) is 12.9. The van der Waals surface area contributed by atoms with Crippen molar-refractivity contribution in [2.24, 2.45) is 5.92 Å². The summed E-state index contributed by atoms with van der Waals surface area (Å²) in [5.41, 5.74) is 3.17. The largest absolute Gasteiger partial charge is 0.508 e. The number of aromatic hydroxyl groups is 3. The quantitative estimate of drug-likeness (QED) is 0.464. The van der Waals surface area contributed by atoms with Crippen LogP contribution in [0, 0.1) is 5.92 Å². The van der Waals surface area contributed by atoms with Gasteiger partial charge in [0.2, 0.25) is 0 Å². The van der Waals surface area contributed by atoms with Crippen molar-refractivity contribution in [2.45, 2.75) is 19.3 Å². The molecular formula is C30H34N2O5. The van der Waals surface area contributed by atoms with Crippen molar-refractivity contribution in [2.75, 3.05) is 46.4 Å². The number of ether oxygens (including phenoxy) is 1. The molecule has 0 radical (unpaired) electrons. The summed E-state index contributed by atoms with van der Waals surface area (Å²) in [4.78, 5) is 18.1. The molecule has 0 spiro atoms. The van der Waals surface area contributed by atoms with Crippen LogP contribution in [0.4, 0.5) is 0 Å². The number of nitrogens with zero attached hydrogens (tertiary/aromatic N) is 2. The number of ketones is 1. The Hall–Kier alpha value is -3.55. The van der Waals surface area contributed by atoms with E-state index in [1.165, 1.54) is 6.07 Å². The van der Waals surface area contributed by atoms with Crippen LogP contribution < -0.4 is 4.74 Å². The first-order valence-electron chi connectivity index (χ1n) is 12.9. The zero-order valence-electron chi connectivity index (χ0n) is 21.4. The maximum Gasteiger partial charge on any atom is 0.170 e. The minimum atomic E-state index is -0.351. The first-order chi connectivity index (χ1) is 17.8. The molecule has 37 heavy (non-hydrogen) atoms. The summed E-state index contributed by atoms with van der Waals surface area (Å²) in [6.45, 7) is 7.58. The van der Waals surface area contributed by atoms with Crippen LogP contribution in [0.2, 0.25) is 0 Å². The van der Waals surface area contributed by atoms with Gasteiger partial charge in [0.15, 0.2) is 5.78 Å². The monoisotopic (exact) mass is 502 g/mol. The number of likely N-dealkylation sites (N-methyl/N-ethyl adjacent to an activating group) is 1. The SMILES string of the molecule is CC1C(=O)c2c(O)cc(O)c(-c3ccc(OCCN4CCN(C)CC4)cc3)c2CC1c1ccc(O)cc1. The highest BCUT2D eigenvalue weighted by Gasteiger charge is 2.37. The van der Waals surface area contributed by atoms with E-state index in [2.05, 4.69) is 16.8 Å². The van der Waals surface area contributed by atoms with Gasteiger partial charge >= 0.3 is 0 Å². The van der Waals surface area contributed by atoms with E-state index in [1.807, 2.05) is 43.3 Å². The van der Waals surface area contributed by atoms with Gasteiger partial charge in [0, 0.05) is 50.3 Å². The summed E-state index contributed by atoms with van der Waals surface area (Å²) in [6, 6.07) is 15.7. The van der Waals surface area contributed by atoms with Gasteiger partial charge in [-0.15, -0.1) is 0 Å². The maximum absolute atomic E-state index is 13.4. The molecule has 7 heteroatoms. The lowest BCUT2D eigenvalue weighted by atomic mass is 9.70. The highest BCUT2D eigenvalue weighted by Crippen LogP contribution is 2.47. The van der Waals surface area contributed by atoms with Gasteiger partial charge < -0.3 is 25.0 Å². The second-order valence-electron chi connectivity index (χ2n) is 10.2. The van der Waals surface area contributed by atoms with Gasteiger partial charge in [0.1, 0.15) is 29.6 Å². The zero-order valence-corrected chi connectivity index (χ0v) is 21.4. The first kappa shape index (κ1) is 25.1. The third kappa shape index (κ3) is 5.15. The number of phenolic OH excluding ortho intramolecular Hbond substituents is 3.